The molecule has 0 aromatic heterocycles. The van der Waals surface area contributed by atoms with E-state index in [2.05, 4.69) is 0 Å². The zero-order chi connectivity index (χ0) is 11.7. The van der Waals surface area contributed by atoms with Crippen LogP contribution in [0.5, 0.6) is 11.5 Å². The molecule has 0 amide bonds. The van der Waals surface area contributed by atoms with Crippen LogP contribution in [0.4, 0.5) is 11.4 Å². The number of anilines is 2. The summed E-state index contributed by atoms with van der Waals surface area (Å²) >= 11 is 0. The Labute approximate surface area is 124 Å². The highest BCUT2D eigenvalue weighted by molar-refractivity contribution is 5.87. The Bertz CT molecular complexity index is 531. The highest BCUT2D eigenvalue weighted by Crippen LogP contribution is 2.36. The first-order valence-corrected chi connectivity index (χ1v) is 4.76. The van der Waals surface area contributed by atoms with E-state index in [-0.39, 0.29) is 49.4 Å². The predicted octanol–water partition coefficient (Wildman–Crippen LogP) is 3.41. The van der Waals surface area contributed by atoms with E-state index < -0.39 is 0 Å². The first-order valence-electron chi connectivity index (χ1n) is 4.76. The van der Waals surface area contributed by atoms with Crippen molar-refractivity contribution in [3.8, 4) is 22.6 Å². The van der Waals surface area contributed by atoms with Crippen LogP contribution in [0.3, 0.4) is 0 Å². The molecule has 0 atom stereocenters. The number of nitrogen functional groups attached to an aromatic ring is 2. The van der Waals surface area contributed by atoms with Gasteiger partial charge in [0.25, 0.3) is 0 Å². The molecule has 6 N–H and O–H groups in total. The number of phenolic OH excluding ortho intramolecular Hbond substituents is 2. The molecule has 0 aliphatic rings. The Kier molecular flexibility index (Phi) is 7.83. The van der Waals surface area contributed by atoms with Crippen LogP contribution in [0.1, 0.15) is 7.43 Å². The molecule has 19 heavy (non-hydrogen) atoms. The second kappa shape index (κ2) is 7.61. The molecule has 0 saturated heterocycles. The molecular formula is C13H18Cl2N2O2. The quantitative estimate of drug-likeness (QED) is 0.480. The number of hydrogen-bond acceptors (Lipinski definition) is 4. The average Bonchev–Trinajstić information content (AvgIpc) is 2.28. The number of phenols is 2. The highest BCUT2D eigenvalue weighted by Gasteiger charge is 2.08. The van der Waals surface area contributed by atoms with Crippen molar-refractivity contribution < 1.29 is 10.2 Å². The Hall–Kier alpha value is -1.78. The molecule has 6 heteroatoms. The van der Waals surface area contributed by atoms with Crippen LogP contribution in [0.2, 0.25) is 0 Å². The second-order valence-corrected chi connectivity index (χ2v) is 3.51. The van der Waals surface area contributed by atoms with Gasteiger partial charge >= 0.3 is 0 Å². The largest absolute Gasteiger partial charge is 0.508 e. The van der Waals surface area contributed by atoms with Gasteiger partial charge in [-0.3, -0.25) is 0 Å². The van der Waals surface area contributed by atoms with Crippen LogP contribution >= 0.6 is 24.8 Å². The fraction of sp³-hybridized carbons (Fsp3) is 0.0769. The van der Waals surface area contributed by atoms with Crippen molar-refractivity contribution in [1.82, 2.24) is 0 Å². The van der Waals surface area contributed by atoms with Crippen LogP contribution in [-0.4, -0.2) is 10.2 Å². The summed E-state index contributed by atoms with van der Waals surface area (Å²) in [6, 6.07) is 9.78. The van der Waals surface area contributed by atoms with Gasteiger partial charge in [-0.05, 0) is 29.8 Å². The smallest absolute Gasteiger partial charge is 0.140 e. The third-order valence-corrected chi connectivity index (χ3v) is 2.44. The second-order valence-electron chi connectivity index (χ2n) is 3.51. The number of hydrogen-bond donors (Lipinski definition) is 4. The third kappa shape index (κ3) is 3.84. The van der Waals surface area contributed by atoms with Crippen molar-refractivity contribution in [2.45, 2.75) is 7.43 Å². The van der Waals surface area contributed by atoms with Crippen LogP contribution in [0.15, 0.2) is 36.4 Å². The lowest BCUT2D eigenvalue weighted by molar-refractivity contribution is 0.475. The highest BCUT2D eigenvalue weighted by atomic mass is 35.5. The molecule has 2 rings (SSSR count). The van der Waals surface area contributed by atoms with Gasteiger partial charge in [0.2, 0.25) is 0 Å². The first kappa shape index (κ1) is 19.6. The number of benzene rings is 2. The molecule has 0 aliphatic carbocycles. The van der Waals surface area contributed by atoms with E-state index in [9.17, 15) is 10.2 Å². The van der Waals surface area contributed by atoms with Crippen LogP contribution in [0.25, 0.3) is 11.1 Å². The Balaban J connectivity index is 0. The molecule has 4 nitrogen and oxygen atoms in total. The van der Waals surface area contributed by atoms with E-state index in [1.54, 1.807) is 30.3 Å². The number of rotatable bonds is 1. The van der Waals surface area contributed by atoms with E-state index in [0.29, 0.717) is 5.69 Å². The number of halogens is 2. The van der Waals surface area contributed by atoms with Crippen molar-refractivity contribution in [3.05, 3.63) is 36.4 Å². The minimum Gasteiger partial charge on any atom is -0.508 e. The SMILES string of the molecule is C.Cl.Cl.Nc1c(O)ccc(-c2ccc(O)cc2)c1N. The maximum Gasteiger partial charge on any atom is 0.140 e. The van der Waals surface area contributed by atoms with E-state index >= 15 is 0 Å². The monoisotopic (exact) mass is 304 g/mol. The molecule has 0 unspecified atom stereocenters. The molecule has 0 fully saturated rings. The summed E-state index contributed by atoms with van der Waals surface area (Å²) in [5.41, 5.74) is 13.5. The lowest BCUT2D eigenvalue weighted by Gasteiger charge is -2.09. The summed E-state index contributed by atoms with van der Waals surface area (Å²) in [7, 11) is 0. The molecule has 0 bridgehead atoms. The summed E-state index contributed by atoms with van der Waals surface area (Å²) in [5.74, 6) is 0.161. The fourth-order valence-electron chi connectivity index (χ4n) is 1.52. The van der Waals surface area contributed by atoms with E-state index in [0.717, 1.165) is 11.1 Å². The standard InChI is InChI=1S/C12H12N2O2.CH4.2ClH/c13-11-9(5-6-10(16)12(11)14)7-1-3-8(15)4-2-7;;;/h1-6,15-16H,13-14H2;1H4;2*1H. The van der Waals surface area contributed by atoms with Crippen molar-refractivity contribution in [3.63, 3.8) is 0 Å². The minimum atomic E-state index is -0.0278. The van der Waals surface area contributed by atoms with Gasteiger partial charge < -0.3 is 21.7 Å². The lowest BCUT2D eigenvalue weighted by atomic mass is 10.0. The fourth-order valence-corrected chi connectivity index (χ4v) is 1.52. The predicted molar refractivity (Wildman–Crippen MR) is 85.3 cm³/mol. The number of aromatic hydroxyl groups is 2. The summed E-state index contributed by atoms with van der Waals surface area (Å²) in [6.45, 7) is 0. The lowest BCUT2D eigenvalue weighted by Crippen LogP contribution is -1.97. The van der Waals surface area contributed by atoms with Crippen molar-refractivity contribution >= 4 is 36.2 Å². The molecule has 2 aromatic carbocycles. The number of nitrogens with two attached hydrogens (primary N) is 2. The summed E-state index contributed by atoms with van der Waals surface area (Å²) in [4.78, 5) is 0. The minimum absolute atomic E-state index is 0. The van der Waals surface area contributed by atoms with E-state index in [1.807, 2.05) is 0 Å². The van der Waals surface area contributed by atoms with Gasteiger partial charge in [-0.1, -0.05) is 19.6 Å². The molecule has 0 spiro atoms. The van der Waals surface area contributed by atoms with E-state index in [4.69, 9.17) is 11.5 Å². The van der Waals surface area contributed by atoms with Gasteiger partial charge in [-0.25, -0.2) is 0 Å². The average molecular weight is 305 g/mol. The summed E-state index contributed by atoms with van der Waals surface area (Å²) in [5, 5.41) is 18.5. The summed E-state index contributed by atoms with van der Waals surface area (Å²) < 4.78 is 0. The Morgan fingerprint density at radius 2 is 1.26 bits per heavy atom. The van der Waals surface area contributed by atoms with Crippen LogP contribution in [0, 0.1) is 0 Å². The van der Waals surface area contributed by atoms with Crippen LogP contribution < -0.4 is 11.5 Å². The molecule has 0 aliphatic heterocycles. The maximum atomic E-state index is 9.37. The van der Waals surface area contributed by atoms with Gasteiger partial charge in [0, 0.05) is 5.56 Å². The topological polar surface area (TPSA) is 92.5 Å². The van der Waals surface area contributed by atoms with Crippen molar-refractivity contribution in [2.75, 3.05) is 11.5 Å². The summed E-state index contributed by atoms with van der Waals surface area (Å²) in [6.07, 6.45) is 0. The van der Waals surface area contributed by atoms with Crippen LogP contribution in [-0.2, 0) is 0 Å². The van der Waals surface area contributed by atoms with Gasteiger partial charge in [0.1, 0.15) is 11.5 Å². The third-order valence-electron chi connectivity index (χ3n) is 2.44. The normalized spacial score (nSPS) is 8.63. The maximum absolute atomic E-state index is 9.37. The van der Waals surface area contributed by atoms with Crippen molar-refractivity contribution in [2.24, 2.45) is 0 Å². The van der Waals surface area contributed by atoms with Gasteiger partial charge in [0.05, 0.1) is 11.4 Å². The van der Waals surface area contributed by atoms with Gasteiger partial charge in [-0.15, -0.1) is 24.8 Å². The first-order chi connectivity index (χ1) is 7.59. The molecule has 106 valence electrons. The van der Waals surface area contributed by atoms with E-state index in [1.165, 1.54) is 6.07 Å². The van der Waals surface area contributed by atoms with Gasteiger partial charge in [-0.2, -0.15) is 0 Å². The zero-order valence-corrected chi connectivity index (χ0v) is 11.0. The van der Waals surface area contributed by atoms with Gasteiger partial charge in [0.15, 0.2) is 0 Å². The Morgan fingerprint density at radius 1 is 0.737 bits per heavy atom. The molecule has 2 aromatic rings. The Morgan fingerprint density at radius 3 is 1.79 bits per heavy atom. The molecule has 0 radical (unpaired) electrons. The van der Waals surface area contributed by atoms with Crippen molar-refractivity contribution in [1.29, 1.82) is 0 Å². The zero-order valence-electron chi connectivity index (χ0n) is 9.33. The molecule has 0 heterocycles. The molecular weight excluding hydrogens is 287 g/mol. The molecule has 0 saturated carbocycles.